The number of nitrogens with one attached hydrogen (secondary N) is 1. The van der Waals surface area contributed by atoms with Crippen molar-refractivity contribution in [2.75, 3.05) is 16.8 Å². The smallest absolute Gasteiger partial charge is 0.335 e. The van der Waals surface area contributed by atoms with E-state index in [9.17, 15) is 23.9 Å². The molecular formula is C38H24F2N4O6. The van der Waals surface area contributed by atoms with E-state index >= 15 is 4.39 Å². The van der Waals surface area contributed by atoms with Gasteiger partial charge in [-0.15, -0.1) is 0 Å². The van der Waals surface area contributed by atoms with E-state index in [4.69, 9.17) is 13.8 Å². The summed E-state index contributed by atoms with van der Waals surface area (Å²) < 4.78 is 41.4. The second-order valence-corrected chi connectivity index (χ2v) is 11.6. The Morgan fingerprint density at radius 1 is 0.780 bits per heavy atom. The zero-order valence-electron chi connectivity index (χ0n) is 26.2. The number of anilines is 2. The number of rotatable bonds is 8. The number of para-hydroxylation sites is 1. The van der Waals surface area contributed by atoms with Crippen molar-refractivity contribution < 1.29 is 37.1 Å². The van der Waals surface area contributed by atoms with Crippen LogP contribution in [-0.4, -0.2) is 39.4 Å². The van der Waals surface area contributed by atoms with Gasteiger partial charge in [-0.25, -0.2) is 28.4 Å². The molecule has 10 nitrogen and oxygen atoms in total. The molecule has 7 aromatic rings. The zero-order chi connectivity index (χ0) is 34.7. The summed E-state index contributed by atoms with van der Waals surface area (Å²) in [6.07, 6.45) is 0.769. The van der Waals surface area contributed by atoms with Crippen LogP contribution in [0.3, 0.4) is 0 Å². The number of hydrogen-bond acceptors (Lipinski definition) is 8. The van der Waals surface area contributed by atoms with Gasteiger partial charge in [-0.3, -0.25) is 9.59 Å². The van der Waals surface area contributed by atoms with Gasteiger partial charge in [0.2, 0.25) is 11.8 Å². The molecular weight excluding hydrogens is 646 g/mol. The van der Waals surface area contributed by atoms with Crippen molar-refractivity contribution in [3.05, 3.63) is 119 Å². The van der Waals surface area contributed by atoms with Crippen molar-refractivity contribution in [3.63, 3.8) is 0 Å². The summed E-state index contributed by atoms with van der Waals surface area (Å²) in [6.45, 7) is 2.53. The van der Waals surface area contributed by atoms with Gasteiger partial charge >= 0.3 is 5.97 Å². The first-order valence-corrected chi connectivity index (χ1v) is 15.6. The molecule has 0 bridgehead atoms. The summed E-state index contributed by atoms with van der Waals surface area (Å²) in [6, 6.07) is 22.3. The number of hydrogen-bond donors (Lipinski definition) is 2. The molecule has 12 heteroatoms. The Kier molecular flexibility index (Phi) is 7.21. The molecule has 0 saturated carbocycles. The van der Waals surface area contributed by atoms with Crippen molar-refractivity contribution >= 4 is 51.4 Å². The van der Waals surface area contributed by atoms with Gasteiger partial charge in [0.15, 0.2) is 11.2 Å². The average molecular weight is 671 g/mol. The third kappa shape index (κ3) is 4.96. The predicted octanol–water partition coefficient (Wildman–Crippen LogP) is 8.57. The van der Waals surface area contributed by atoms with Crippen LogP contribution in [0, 0.1) is 11.6 Å². The first kappa shape index (κ1) is 30.6. The number of aromatic carboxylic acids is 1. The van der Waals surface area contributed by atoms with E-state index in [1.54, 1.807) is 42.5 Å². The minimum Gasteiger partial charge on any atom is -0.478 e. The topological polar surface area (TPSA) is 139 Å². The molecule has 0 atom stereocenters. The number of fused-ring (bicyclic) bond motifs is 3. The van der Waals surface area contributed by atoms with Gasteiger partial charge in [0, 0.05) is 17.7 Å². The Bertz CT molecular complexity index is 2560. The van der Waals surface area contributed by atoms with Gasteiger partial charge in [0.05, 0.1) is 33.6 Å². The van der Waals surface area contributed by atoms with E-state index in [0.717, 1.165) is 11.3 Å². The van der Waals surface area contributed by atoms with E-state index in [0.29, 0.717) is 40.0 Å². The Morgan fingerprint density at radius 2 is 1.54 bits per heavy atom. The minimum absolute atomic E-state index is 0.00739. The fraction of sp³-hybridized carbons (Fsp3) is 0.0789. The Labute approximate surface area is 281 Å². The van der Waals surface area contributed by atoms with E-state index < -0.39 is 29.4 Å². The van der Waals surface area contributed by atoms with E-state index in [2.05, 4.69) is 10.3 Å². The molecule has 5 aromatic carbocycles. The van der Waals surface area contributed by atoms with Crippen LogP contribution in [-0.2, 0) is 0 Å². The van der Waals surface area contributed by atoms with Gasteiger partial charge in [0.1, 0.15) is 22.7 Å². The van der Waals surface area contributed by atoms with Gasteiger partial charge in [-0.1, -0.05) is 25.1 Å². The molecule has 0 fully saturated rings. The number of amides is 2. The van der Waals surface area contributed by atoms with E-state index in [1.165, 1.54) is 48.5 Å². The number of halogens is 2. The second kappa shape index (κ2) is 11.8. The Hall–Kier alpha value is -6.69. The minimum atomic E-state index is -1.22. The maximum absolute atomic E-state index is 15.1. The first-order valence-electron chi connectivity index (χ1n) is 15.6. The summed E-state index contributed by atoms with van der Waals surface area (Å²) in [7, 11) is 0. The van der Waals surface area contributed by atoms with Crippen LogP contribution in [0.25, 0.3) is 56.2 Å². The fourth-order valence-electron chi connectivity index (χ4n) is 6.10. The molecule has 0 spiro atoms. The quantitative estimate of drug-likeness (QED) is 0.152. The summed E-state index contributed by atoms with van der Waals surface area (Å²) >= 11 is 0. The molecule has 0 radical (unpaired) electrons. The molecule has 50 heavy (non-hydrogen) atoms. The number of oxazole rings is 2. The maximum Gasteiger partial charge on any atom is 0.335 e. The number of benzene rings is 5. The van der Waals surface area contributed by atoms with Gasteiger partial charge < -0.3 is 19.3 Å². The highest BCUT2D eigenvalue weighted by molar-refractivity contribution is 6.35. The zero-order valence-corrected chi connectivity index (χ0v) is 26.2. The van der Waals surface area contributed by atoms with Crippen molar-refractivity contribution in [1.29, 1.82) is 0 Å². The maximum atomic E-state index is 15.1. The third-order valence-electron chi connectivity index (χ3n) is 8.46. The molecule has 2 amide bonds. The van der Waals surface area contributed by atoms with Gasteiger partial charge in [-0.2, -0.15) is 0 Å². The summed E-state index contributed by atoms with van der Waals surface area (Å²) in [5, 5.41) is 12.7. The highest BCUT2D eigenvalue weighted by Crippen LogP contribution is 2.40. The number of nitrogens with zero attached hydrogens (tertiary/aromatic N) is 3. The summed E-state index contributed by atoms with van der Waals surface area (Å²) in [4.78, 5) is 49.1. The number of carbonyl (C=O) groups excluding carboxylic acids is 2. The molecule has 1 aliphatic rings. The molecule has 0 unspecified atom stereocenters. The number of aromatic nitrogens is 2. The Morgan fingerprint density at radius 3 is 2.34 bits per heavy atom. The van der Waals surface area contributed by atoms with Crippen LogP contribution in [0.1, 0.15) is 44.4 Å². The predicted molar refractivity (Wildman–Crippen MR) is 181 cm³/mol. The largest absolute Gasteiger partial charge is 0.478 e. The molecule has 0 aliphatic carbocycles. The van der Waals surface area contributed by atoms with Crippen LogP contribution in [0.15, 0.2) is 99.8 Å². The molecule has 1 aliphatic heterocycles. The van der Waals surface area contributed by atoms with Crippen molar-refractivity contribution in [2.45, 2.75) is 13.3 Å². The number of imide groups is 1. The van der Waals surface area contributed by atoms with Gasteiger partial charge in [0.25, 0.3) is 11.8 Å². The van der Waals surface area contributed by atoms with Gasteiger partial charge in [-0.05, 0) is 84.8 Å². The lowest BCUT2D eigenvalue weighted by atomic mass is 10.0. The standard InChI is InChI=1S/C38H24F2N4O6/c1-2-15-41-27-13-10-20(18-28(27)44-36(45)23-11-9-21(38(47)48)17-25(23)37(44)46)34-42-32-24(7-4-8-29(32)49-34)35-43-33-30(50-35)14-12-26(40)31(33)19-5-3-6-22(39)16-19/h3-14,16-18,41H,2,15H2,1H3,(H,47,48). The number of carbonyl (C=O) groups is 3. The highest BCUT2D eigenvalue weighted by Gasteiger charge is 2.38. The molecule has 246 valence electrons. The lowest BCUT2D eigenvalue weighted by Gasteiger charge is -2.20. The molecule has 0 saturated heterocycles. The monoisotopic (exact) mass is 670 g/mol. The number of carboxylic acids is 1. The average Bonchev–Trinajstić information content (AvgIpc) is 3.81. The highest BCUT2D eigenvalue weighted by atomic mass is 19.1. The Balaban J connectivity index is 1.22. The SMILES string of the molecule is CCCNc1ccc(-c2nc3c(-c4nc5c(-c6cccc(F)c6)c(F)ccc5o4)cccc3o2)cc1N1C(=O)c2ccc(C(=O)O)cc2C1=O. The lowest BCUT2D eigenvalue weighted by Crippen LogP contribution is -2.30. The molecule has 2 N–H and O–H groups in total. The fourth-order valence-corrected chi connectivity index (χ4v) is 6.10. The molecule has 2 aromatic heterocycles. The van der Waals surface area contributed by atoms with Crippen LogP contribution in [0.4, 0.5) is 20.2 Å². The third-order valence-corrected chi connectivity index (χ3v) is 8.46. The van der Waals surface area contributed by atoms with Crippen molar-refractivity contribution in [1.82, 2.24) is 9.97 Å². The second-order valence-electron chi connectivity index (χ2n) is 11.6. The van der Waals surface area contributed by atoms with Crippen LogP contribution in [0.5, 0.6) is 0 Å². The van der Waals surface area contributed by atoms with Crippen LogP contribution < -0.4 is 10.2 Å². The van der Waals surface area contributed by atoms with Crippen LogP contribution >= 0.6 is 0 Å². The lowest BCUT2D eigenvalue weighted by molar-refractivity contribution is 0.0696. The number of carboxylic acid groups (broad SMARTS) is 1. The van der Waals surface area contributed by atoms with Crippen LogP contribution in [0.2, 0.25) is 0 Å². The molecule has 3 heterocycles. The van der Waals surface area contributed by atoms with Crippen molar-refractivity contribution in [2.24, 2.45) is 0 Å². The van der Waals surface area contributed by atoms with Crippen molar-refractivity contribution in [3.8, 4) is 34.0 Å². The summed E-state index contributed by atoms with van der Waals surface area (Å²) in [5.74, 6) is -3.26. The van der Waals surface area contributed by atoms with E-state index in [-0.39, 0.29) is 50.8 Å². The summed E-state index contributed by atoms with van der Waals surface area (Å²) in [5.41, 5.74) is 3.30. The first-order chi connectivity index (χ1) is 24.2. The van der Waals surface area contributed by atoms with E-state index in [1.807, 2.05) is 6.92 Å². The molecule has 8 rings (SSSR count). The normalized spacial score (nSPS) is 12.7.